The van der Waals surface area contributed by atoms with Crippen LogP contribution in [-0.2, 0) is 4.79 Å². The van der Waals surface area contributed by atoms with Crippen LogP contribution in [0.2, 0.25) is 0 Å². The average Bonchev–Trinajstić information content (AvgIpc) is 2.80. The summed E-state index contributed by atoms with van der Waals surface area (Å²) in [6.07, 6.45) is 6.42. The number of amides is 1. The van der Waals surface area contributed by atoms with Crippen molar-refractivity contribution in [1.82, 2.24) is 9.97 Å². The number of piperidine rings is 1. The highest BCUT2D eigenvalue weighted by Crippen LogP contribution is 2.22. The van der Waals surface area contributed by atoms with Crippen LogP contribution in [0.15, 0.2) is 60.7 Å². The minimum absolute atomic E-state index is 0.331. The van der Waals surface area contributed by atoms with E-state index in [0.29, 0.717) is 17.2 Å². The number of nitrogens with one attached hydrogen (secondary N) is 2. The quantitative estimate of drug-likeness (QED) is 0.518. The van der Waals surface area contributed by atoms with E-state index < -0.39 is 0 Å². The Kier molecular flexibility index (Phi) is 6.75. The van der Waals surface area contributed by atoms with Crippen LogP contribution in [0.25, 0.3) is 6.08 Å². The van der Waals surface area contributed by atoms with Gasteiger partial charge < -0.3 is 15.5 Å². The Labute approximate surface area is 187 Å². The number of carbonyl (C=O) groups excluding carboxylic acids is 1. The fourth-order valence-corrected chi connectivity index (χ4v) is 3.62. The van der Waals surface area contributed by atoms with Crippen LogP contribution in [0.5, 0.6) is 0 Å². The van der Waals surface area contributed by atoms with Crippen molar-refractivity contribution in [3.63, 3.8) is 0 Å². The van der Waals surface area contributed by atoms with Gasteiger partial charge in [0.05, 0.1) is 0 Å². The van der Waals surface area contributed by atoms with Crippen LogP contribution in [0.3, 0.4) is 0 Å². The third-order valence-corrected chi connectivity index (χ3v) is 5.25. The molecule has 164 valence electrons. The second-order valence-electron chi connectivity index (χ2n) is 7.79. The number of carbonyl (C=O) groups is 1. The number of halogens is 1. The van der Waals surface area contributed by atoms with E-state index in [-0.39, 0.29) is 11.7 Å². The fourth-order valence-electron chi connectivity index (χ4n) is 3.62. The smallest absolute Gasteiger partial charge is 0.248 e. The van der Waals surface area contributed by atoms with Gasteiger partial charge in [-0.1, -0.05) is 18.2 Å². The van der Waals surface area contributed by atoms with Gasteiger partial charge in [-0.05, 0) is 62.6 Å². The molecule has 1 amide bonds. The van der Waals surface area contributed by atoms with Gasteiger partial charge in [-0.2, -0.15) is 4.98 Å². The van der Waals surface area contributed by atoms with Crippen LogP contribution in [0.1, 0.15) is 30.5 Å². The number of rotatable bonds is 6. The van der Waals surface area contributed by atoms with Crippen molar-refractivity contribution in [1.29, 1.82) is 0 Å². The Bertz CT molecular complexity index is 1110. The Hall–Kier alpha value is -3.74. The normalized spacial score (nSPS) is 13.9. The summed E-state index contributed by atoms with van der Waals surface area (Å²) in [4.78, 5) is 23.6. The number of nitrogens with zero attached hydrogens (tertiary/aromatic N) is 3. The Balaban J connectivity index is 1.38. The molecule has 0 radical (unpaired) electrons. The maximum Gasteiger partial charge on any atom is 0.248 e. The van der Waals surface area contributed by atoms with Gasteiger partial charge in [0.25, 0.3) is 0 Å². The molecule has 2 aromatic carbocycles. The second-order valence-corrected chi connectivity index (χ2v) is 7.79. The zero-order valence-electron chi connectivity index (χ0n) is 18.0. The summed E-state index contributed by atoms with van der Waals surface area (Å²) in [5.74, 6) is 0.802. The van der Waals surface area contributed by atoms with Gasteiger partial charge in [-0.25, -0.2) is 9.37 Å². The third-order valence-electron chi connectivity index (χ3n) is 5.25. The number of aryl methyl sites for hydroxylation is 1. The molecule has 7 heteroatoms. The zero-order chi connectivity index (χ0) is 22.3. The molecular weight excluding hydrogens is 405 g/mol. The van der Waals surface area contributed by atoms with E-state index >= 15 is 0 Å². The zero-order valence-corrected chi connectivity index (χ0v) is 18.0. The van der Waals surface area contributed by atoms with Gasteiger partial charge in [0.1, 0.15) is 11.6 Å². The van der Waals surface area contributed by atoms with E-state index in [0.717, 1.165) is 30.3 Å². The lowest BCUT2D eigenvalue weighted by atomic mass is 10.1. The molecule has 32 heavy (non-hydrogen) atoms. The molecule has 0 aliphatic carbocycles. The first-order valence-electron chi connectivity index (χ1n) is 10.8. The Morgan fingerprint density at radius 1 is 1.00 bits per heavy atom. The number of benzene rings is 2. The summed E-state index contributed by atoms with van der Waals surface area (Å²) < 4.78 is 13.6. The van der Waals surface area contributed by atoms with Gasteiger partial charge in [-0.3, -0.25) is 4.79 Å². The highest BCUT2D eigenvalue weighted by molar-refractivity contribution is 6.02. The predicted molar refractivity (Wildman–Crippen MR) is 127 cm³/mol. The first kappa shape index (κ1) is 21.5. The predicted octanol–water partition coefficient (Wildman–Crippen LogP) is 5.31. The largest absolute Gasteiger partial charge is 0.356 e. The first-order valence-corrected chi connectivity index (χ1v) is 10.8. The van der Waals surface area contributed by atoms with E-state index in [9.17, 15) is 9.18 Å². The van der Waals surface area contributed by atoms with E-state index in [1.807, 2.05) is 25.1 Å². The molecule has 0 bridgehead atoms. The summed E-state index contributed by atoms with van der Waals surface area (Å²) in [7, 11) is 0. The highest BCUT2D eigenvalue weighted by Gasteiger charge is 2.14. The van der Waals surface area contributed by atoms with Crippen LogP contribution in [-0.4, -0.2) is 29.0 Å². The fraction of sp³-hybridized carbons (Fsp3) is 0.240. The molecular formula is C25H26FN5O. The van der Waals surface area contributed by atoms with Crippen molar-refractivity contribution in [2.24, 2.45) is 0 Å². The number of hydrogen-bond acceptors (Lipinski definition) is 5. The Morgan fingerprint density at radius 3 is 2.47 bits per heavy atom. The SMILES string of the molecule is Cc1cc(N2CCCCC2)nc(Nc2ccc(NC(=O)/C=C/c3ccccc3F)cc2)n1. The van der Waals surface area contributed by atoms with Crippen LogP contribution in [0.4, 0.5) is 27.5 Å². The molecule has 4 rings (SSSR count). The summed E-state index contributed by atoms with van der Waals surface area (Å²) in [6, 6.07) is 15.6. The summed E-state index contributed by atoms with van der Waals surface area (Å²) >= 11 is 0. The molecule has 1 saturated heterocycles. The van der Waals surface area contributed by atoms with Crippen molar-refractivity contribution in [3.05, 3.63) is 77.7 Å². The molecule has 0 spiro atoms. The van der Waals surface area contributed by atoms with Crippen molar-refractivity contribution >= 4 is 35.1 Å². The first-order chi connectivity index (χ1) is 15.6. The molecule has 0 saturated carbocycles. The molecule has 0 atom stereocenters. The Morgan fingerprint density at radius 2 is 1.72 bits per heavy atom. The van der Waals surface area contributed by atoms with E-state index in [1.54, 1.807) is 30.3 Å². The second kappa shape index (κ2) is 10.0. The van der Waals surface area contributed by atoms with Crippen LogP contribution < -0.4 is 15.5 Å². The lowest BCUT2D eigenvalue weighted by Gasteiger charge is -2.28. The minimum Gasteiger partial charge on any atom is -0.356 e. The molecule has 6 nitrogen and oxygen atoms in total. The van der Waals surface area contributed by atoms with Crippen LogP contribution in [0, 0.1) is 12.7 Å². The van der Waals surface area contributed by atoms with Crippen molar-refractivity contribution in [2.45, 2.75) is 26.2 Å². The molecule has 0 unspecified atom stereocenters. The summed E-state index contributed by atoms with van der Waals surface area (Å²) in [5.41, 5.74) is 2.73. The van der Waals surface area contributed by atoms with Gasteiger partial charge in [0.2, 0.25) is 11.9 Å². The number of aromatic nitrogens is 2. The molecule has 2 N–H and O–H groups in total. The lowest BCUT2D eigenvalue weighted by Crippen LogP contribution is -2.30. The maximum absolute atomic E-state index is 13.6. The average molecular weight is 432 g/mol. The molecule has 2 heterocycles. The molecule has 3 aromatic rings. The van der Waals surface area contributed by atoms with Gasteiger partial charge in [-0.15, -0.1) is 0 Å². The van der Waals surface area contributed by atoms with E-state index in [2.05, 4.69) is 25.5 Å². The van der Waals surface area contributed by atoms with E-state index in [4.69, 9.17) is 0 Å². The van der Waals surface area contributed by atoms with Crippen molar-refractivity contribution < 1.29 is 9.18 Å². The van der Waals surface area contributed by atoms with E-state index in [1.165, 1.54) is 37.5 Å². The summed E-state index contributed by atoms with van der Waals surface area (Å²) in [6.45, 7) is 4.01. The number of hydrogen-bond donors (Lipinski definition) is 2. The van der Waals surface area contributed by atoms with Gasteiger partial charge in [0.15, 0.2) is 0 Å². The number of anilines is 4. The van der Waals surface area contributed by atoms with Crippen molar-refractivity contribution in [3.8, 4) is 0 Å². The van der Waals surface area contributed by atoms with Gasteiger partial charge >= 0.3 is 0 Å². The molecule has 1 aliphatic heterocycles. The lowest BCUT2D eigenvalue weighted by molar-refractivity contribution is -0.111. The van der Waals surface area contributed by atoms with Crippen LogP contribution >= 0.6 is 0 Å². The maximum atomic E-state index is 13.6. The molecule has 1 aliphatic rings. The third kappa shape index (κ3) is 5.69. The molecule has 1 aromatic heterocycles. The van der Waals surface area contributed by atoms with Gasteiger partial charge in [0, 0.05) is 47.9 Å². The monoisotopic (exact) mass is 431 g/mol. The molecule has 1 fully saturated rings. The minimum atomic E-state index is -0.367. The topological polar surface area (TPSA) is 70.2 Å². The van der Waals surface area contributed by atoms with Crippen molar-refractivity contribution in [2.75, 3.05) is 28.6 Å². The standard InChI is InChI=1S/C25H26FN5O/c1-18-17-23(31-15-5-2-6-16-31)30-25(27-18)29-21-12-10-20(11-13-21)28-24(32)14-9-19-7-3-4-8-22(19)26/h3-4,7-14,17H,2,5-6,15-16H2,1H3,(H,28,32)(H,27,29,30)/b14-9+. The summed E-state index contributed by atoms with van der Waals surface area (Å²) in [5, 5.41) is 6.01. The highest BCUT2D eigenvalue weighted by atomic mass is 19.1.